The van der Waals surface area contributed by atoms with Crippen LogP contribution in [0.25, 0.3) is 5.69 Å². The molecule has 0 saturated heterocycles. The molecule has 0 radical (unpaired) electrons. The van der Waals surface area contributed by atoms with Crippen LogP contribution < -0.4 is 10.3 Å². The molecule has 0 aliphatic heterocycles. The summed E-state index contributed by atoms with van der Waals surface area (Å²) in [5, 5.41) is 0. The Bertz CT molecular complexity index is 1210. The van der Waals surface area contributed by atoms with Crippen LogP contribution in [0.2, 0.25) is 0 Å². The fourth-order valence-corrected chi connectivity index (χ4v) is 8.38. The number of ether oxygens (including phenoxy) is 1. The van der Waals surface area contributed by atoms with Crippen LogP contribution >= 0.6 is 0 Å². The molecule has 1 aromatic heterocycles. The normalized spacial score (nSPS) is 27.7. The highest BCUT2D eigenvalue weighted by Crippen LogP contribution is 2.57. The lowest BCUT2D eigenvalue weighted by molar-refractivity contribution is -0.162. The number of nitrogens with zero attached hydrogens (tertiary/aromatic N) is 2. The lowest BCUT2D eigenvalue weighted by Crippen LogP contribution is -2.52. The zero-order valence-corrected chi connectivity index (χ0v) is 22.2. The van der Waals surface area contributed by atoms with Crippen molar-refractivity contribution in [1.29, 1.82) is 0 Å². The summed E-state index contributed by atoms with van der Waals surface area (Å²) < 4.78 is 38.2. The molecule has 1 N–H and O–H groups in total. The molecule has 192 valence electrons. The molecular weight excluding hydrogens is 462 g/mol. The molecule has 4 saturated carbocycles. The lowest BCUT2D eigenvalue weighted by atomic mass is 9.54. The maximum Gasteiger partial charge on any atom is 0.275 e. The number of rotatable bonds is 9. The summed E-state index contributed by atoms with van der Waals surface area (Å²) >= 11 is 0. The van der Waals surface area contributed by atoms with Gasteiger partial charge >= 0.3 is 0 Å². The molecule has 1 heterocycles. The molecule has 0 amide bonds. The van der Waals surface area contributed by atoms with Crippen LogP contribution in [0.4, 0.5) is 0 Å². The Morgan fingerprint density at radius 3 is 2.14 bits per heavy atom. The second-order valence-electron chi connectivity index (χ2n) is 11.5. The third kappa shape index (κ3) is 4.65. The van der Waals surface area contributed by atoms with Crippen molar-refractivity contribution in [2.45, 2.75) is 82.1 Å². The van der Waals surface area contributed by atoms with Crippen molar-refractivity contribution in [3.63, 3.8) is 0 Å². The largest absolute Gasteiger partial charge is 0.375 e. The molecule has 8 heteroatoms. The van der Waals surface area contributed by atoms with Gasteiger partial charge in [-0.15, -0.1) is 0 Å². The predicted molar refractivity (Wildman–Crippen MR) is 136 cm³/mol. The van der Waals surface area contributed by atoms with Gasteiger partial charge in [-0.3, -0.25) is 9.48 Å². The summed E-state index contributed by atoms with van der Waals surface area (Å²) in [4.78, 5) is 13.1. The van der Waals surface area contributed by atoms with Gasteiger partial charge in [0.15, 0.2) is 0 Å². The summed E-state index contributed by atoms with van der Waals surface area (Å²) in [6, 6.07) is 6.51. The molecule has 7 nitrogen and oxygen atoms in total. The van der Waals surface area contributed by atoms with Gasteiger partial charge in [0.05, 0.1) is 16.2 Å². The van der Waals surface area contributed by atoms with Crippen LogP contribution in [0.5, 0.6) is 0 Å². The van der Waals surface area contributed by atoms with E-state index in [1.807, 2.05) is 32.5 Å². The van der Waals surface area contributed by atoms with E-state index in [0.717, 1.165) is 29.0 Å². The lowest BCUT2D eigenvalue weighted by Gasteiger charge is -2.56. The molecule has 4 fully saturated rings. The van der Waals surface area contributed by atoms with Gasteiger partial charge in [-0.05, 0) is 99.8 Å². The highest BCUT2D eigenvalue weighted by atomic mass is 32.2. The van der Waals surface area contributed by atoms with E-state index in [-0.39, 0.29) is 22.0 Å². The number of nitrogens with one attached hydrogen (secondary N) is 1. The topological polar surface area (TPSA) is 82.3 Å². The third-order valence-corrected chi connectivity index (χ3v) is 10.0. The van der Waals surface area contributed by atoms with Gasteiger partial charge in [0.2, 0.25) is 10.0 Å². The van der Waals surface area contributed by atoms with E-state index < -0.39 is 10.0 Å². The Labute approximate surface area is 208 Å². The molecular formula is C27H39N3O4S. The van der Waals surface area contributed by atoms with Crippen molar-refractivity contribution >= 4 is 10.0 Å². The number of aromatic nitrogens is 2. The van der Waals surface area contributed by atoms with Gasteiger partial charge in [-0.25, -0.2) is 17.8 Å². The fraction of sp³-hybridized carbons (Fsp3) is 0.667. The number of hydrogen-bond acceptors (Lipinski definition) is 4. The zero-order valence-electron chi connectivity index (χ0n) is 21.4. The van der Waals surface area contributed by atoms with Crippen LogP contribution in [-0.2, 0) is 21.8 Å². The van der Waals surface area contributed by atoms with E-state index in [4.69, 9.17) is 4.74 Å². The molecule has 35 heavy (non-hydrogen) atoms. The van der Waals surface area contributed by atoms with Gasteiger partial charge in [-0.2, -0.15) is 0 Å². The Morgan fingerprint density at radius 1 is 1.06 bits per heavy atom. The van der Waals surface area contributed by atoms with E-state index in [1.165, 1.54) is 38.5 Å². The highest BCUT2D eigenvalue weighted by molar-refractivity contribution is 7.89. The Balaban J connectivity index is 1.17. The van der Waals surface area contributed by atoms with Gasteiger partial charge < -0.3 is 4.74 Å². The van der Waals surface area contributed by atoms with Crippen LogP contribution in [-0.4, -0.2) is 36.5 Å². The van der Waals surface area contributed by atoms with E-state index >= 15 is 0 Å². The standard InChI is InChI=1S/C27H39N3O4S/c1-18(2)25-19(3)29(4)30(26(25)31)23-6-8-24(9-7-23)35(32,33)28-10-5-11-34-27-15-20-12-21(16-27)14-22(13-20)17-27/h6-9,18,20-22,28H,5,10-17H2,1-4H3. The summed E-state index contributed by atoms with van der Waals surface area (Å²) in [5.41, 5.74) is 2.34. The fourth-order valence-electron chi connectivity index (χ4n) is 7.31. The molecule has 0 spiro atoms. The van der Waals surface area contributed by atoms with Gasteiger partial charge in [-0.1, -0.05) is 13.8 Å². The van der Waals surface area contributed by atoms with Gasteiger partial charge in [0, 0.05) is 31.5 Å². The minimum Gasteiger partial charge on any atom is -0.375 e. The first-order valence-electron chi connectivity index (χ1n) is 13.1. The summed E-state index contributed by atoms with van der Waals surface area (Å²) in [5.74, 6) is 2.64. The van der Waals surface area contributed by atoms with Crippen molar-refractivity contribution in [1.82, 2.24) is 14.1 Å². The third-order valence-electron chi connectivity index (χ3n) is 8.57. The highest BCUT2D eigenvalue weighted by Gasteiger charge is 2.51. The molecule has 4 bridgehead atoms. The number of hydrogen-bond donors (Lipinski definition) is 1. The van der Waals surface area contributed by atoms with Crippen molar-refractivity contribution in [3.8, 4) is 5.69 Å². The van der Waals surface area contributed by atoms with Crippen LogP contribution in [0.1, 0.15) is 76.0 Å². The Kier molecular flexibility index (Phi) is 6.51. The molecule has 0 unspecified atom stereocenters. The monoisotopic (exact) mass is 501 g/mol. The molecule has 2 aromatic rings. The first kappa shape index (κ1) is 24.8. The number of benzene rings is 1. The van der Waals surface area contributed by atoms with Crippen molar-refractivity contribution < 1.29 is 13.2 Å². The maximum atomic E-state index is 12.9. The van der Waals surface area contributed by atoms with Crippen molar-refractivity contribution in [2.24, 2.45) is 24.8 Å². The van der Waals surface area contributed by atoms with Gasteiger partial charge in [0.25, 0.3) is 5.56 Å². The van der Waals surface area contributed by atoms with E-state index in [9.17, 15) is 13.2 Å². The predicted octanol–water partition coefficient (Wildman–Crippen LogP) is 4.26. The molecule has 1 aromatic carbocycles. The molecule has 6 rings (SSSR count). The van der Waals surface area contributed by atoms with Crippen molar-refractivity contribution in [3.05, 3.63) is 45.9 Å². The first-order chi connectivity index (χ1) is 16.6. The van der Waals surface area contributed by atoms with Crippen LogP contribution in [0, 0.1) is 24.7 Å². The SMILES string of the molecule is Cc1c(C(C)C)c(=O)n(-c2ccc(S(=O)(=O)NCCCOC34CC5CC(CC(C5)C3)C4)cc2)n1C. The average Bonchev–Trinajstić information content (AvgIpc) is 3.00. The van der Waals surface area contributed by atoms with Crippen LogP contribution in [0.3, 0.4) is 0 Å². The molecule has 0 atom stereocenters. The second kappa shape index (κ2) is 9.20. The smallest absolute Gasteiger partial charge is 0.275 e. The molecule has 4 aliphatic carbocycles. The summed E-state index contributed by atoms with van der Waals surface area (Å²) in [6.45, 7) is 6.89. The Morgan fingerprint density at radius 2 is 1.63 bits per heavy atom. The molecule has 4 aliphatic rings. The van der Waals surface area contributed by atoms with E-state index in [2.05, 4.69) is 4.72 Å². The Hall–Kier alpha value is -1.90. The van der Waals surface area contributed by atoms with Gasteiger partial charge in [0.1, 0.15) is 0 Å². The van der Waals surface area contributed by atoms with E-state index in [1.54, 1.807) is 28.9 Å². The minimum atomic E-state index is -3.62. The van der Waals surface area contributed by atoms with Crippen molar-refractivity contribution in [2.75, 3.05) is 13.2 Å². The zero-order chi connectivity index (χ0) is 25.0. The quantitative estimate of drug-likeness (QED) is 0.521. The first-order valence-corrected chi connectivity index (χ1v) is 14.6. The number of sulfonamides is 1. The minimum absolute atomic E-state index is 0.0618. The summed E-state index contributed by atoms with van der Waals surface area (Å²) in [6.07, 6.45) is 8.41. The average molecular weight is 502 g/mol. The summed E-state index contributed by atoms with van der Waals surface area (Å²) in [7, 11) is -1.77. The second-order valence-corrected chi connectivity index (χ2v) is 13.3. The van der Waals surface area contributed by atoms with Crippen LogP contribution in [0.15, 0.2) is 34.0 Å². The maximum absolute atomic E-state index is 12.9. The van der Waals surface area contributed by atoms with E-state index in [0.29, 0.717) is 25.3 Å².